The van der Waals surface area contributed by atoms with Crippen molar-refractivity contribution in [3.05, 3.63) is 0 Å². The van der Waals surface area contributed by atoms with E-state index < -0.39 is 0 Å². The zero-order valence-electron chi connectivity index (χ0n) is 7.03. The van der Waals surface area contributed by atoms with E-state index in [1.807, 2.05) is 0 Å². The third-order valence-electron chi connectivity index (χ3n) is 2.19. The summed E-state index contributed by atoms with van der Waals surface area (Å²) in [6, 6.07) is 0.127. The highest BCUT2D eigenvalue weighted by Gasteiger charge is 2.19. The van der Waals surface area contributed by atoms with E-state index in [1.54, 1.807) is 0 Å². The SMILES string of the molecule is Cl.Cl.NNC1CCCCCC1O. The topological polar surface area (TPSA) is 58.3 Å². The second-order valence-corrected chi connectivity index (χ2v) is 2.98. The van der Waals surface area contributed by atoms with Crippen LogP contribution in [-0.4, -0.2) is 17.3 Å². The standard InChI is InChI=1S/C7H16N2O.2ClH/c8-9-6-4-2-1-3-5-7(6)10;;/h6-7,9-10H,1-5,8H2;2*1H. The molecule has 1 aliphatic rings. The van der Waals surface area contributed by atoms with E-state index in [0.717, 1.165) is 19.3 Å². The number of aliphatic hydroxyl groups is 1. The first-order chi connectivity index (χ1) is 4.84. The second-order valence-electron chi connectivity index (χ2n) is 2.98. The number of nitrogens with two attached hydrogens (primary N) is 1. The Hall–Kier alpha value is 0.460. The fourth-order valence-electron chi connectivity index (χ4n) is 1.48. The molecule has 1 fully saturated rings. The minimum absolute atomic E-state index is 0. The molecule has 5 heteroatoms. The fraction of sp³-hybridized carbons (Fsp3) is 1.00. The van der Waals surface area contributed by atoms with E-state index in [2.05, 4.69) is 5.43 Å². The van der Waals surface area contributed by atoms with Gasteiger partial charge in [0.1, 0.15) is 0 Å². The van der Waals surface area contributed by atoms with Gasteiger partial charge >= 0.3 is 0 Å². The van der Waals surface area contributed by atoms with Crippen molar-refractivity contribution in [1.82, 2.24) is 5.43 Å². The molecule has 0 aromatic heterocycles. The van der Waals surface area contributed by atoms with Gasteiger partial charge in [-0.25, -0.2) is 0 Å². The Morgan fingerprint density at radius 1 is 1.08 bits per heavy atom. The number of nitrogens with one attached hydrogen (secondary N) is 1. The molecule has 0 spiro atoms. The Bertz CT molecular complexity index is 105. The van der Waals surface area contributed by atoms with E-state index in [-0.39, 0.29) is 37.0 Å². The highest BCUT2D eigenvalue weighted by Crippen LogP contribution is 2.16. The fourth-order valence-corrected chi connectivity index (χ4v) is 1.48. The number of rotatable bonds is 1. The molecule has 0 radical (unpaired) electrons. The van der Waals surface area contributed by atoms with Crippen LogP contribution in [0.3, 0.4) is 0 Å². The smallest absolute Gasteiger partial charge is 0.0706 e. The summed E-state index contributed by atoms with van der Waals surface area (Å²) < 4.78 is 0. The van der Waals surface area contributed by atoms with Crippen LogP contribution >= 0.6 is 24.8 Å². The van der Waals surface area contributed by atoms with Gasteiger partial charge in [-0.05, 0) is 12.8 Å². The molecule has 1 aliphatic carbocycles. The average Bonchev–Trinajstić information content (AvgIpc) is 2.13. The van der Waals surface area contributed by atoms with Crippen LogP contribution in [0, 0.1) is 0 Å². The lowest BCUT2D eigenvalue weighted by Crippen LogP contribution is -2.43. The molecule has 3 nitrogen and oxygen atoms in total. The van der Waals surface area contributed by atoms with E-state index in [1.165, 1.54) is 12.8 Å². The summed E-state index contributed by atoms with van der Waals surface area (Å²) >= 11 is 0. The lowest BCUT2D eigenvalue weighted by atomic mass is 10.1. The van der Waals surface area contributed by atoms with Gasteiger partial charge in [-0.3, -0.25) is 11.3 Å². The van der Waals surface area contributed by atoms with Crippen molar-refractivity contribution < 1.29 is 5.11 Å². The second kappa shape index (κ2) is 8.08. The number of hydrazine groups is 1. The number of hydrogen-bond acceptors (Lipinski definition) is 3. The molecule has 12 heavy (non-hydrogen) atoms. The largest absolute Gasteiger partial charge is 0.391 e. The van der Waals surface area contributed by atoms with Crippen LogP contribution in [0.15, 0.2) is 0 Å². The molecule has 0 aromatic rings. The van der Waals surface area contributed by atoms with Gasteiger partial charge in [0.15, 0.2) is 0 Å². The first-order valence-corrected chi connectivity index (χ1v) is 3.99. The van der Waals surface area contributed by atoms with Gasteiger partial charge in [0.05, 0.1) is 6.10 Å². The molecular formula is C7H18Cl2N2O. The molecule has 2 unspecified atom stereocenters. The van der Waals surface area contributed by atoms with E-state index in [9.17, 15) is 5.11 Å². The molecule has 0 aromatic carbocycles. The third kappa shape index (κ3) is 4.48. The van der Waals surface area contributed by atoms with Crippen molar-refractivity contribution in [3.63, 3.8) is 0 Å². The minimum atomic E-state index is -0.229. The quantitative estimate of drug-likeness (QED) is 0.348. The van der Waals surface area contributed by atoms with Crippen LogP contribution in [0.1, 0.15) is 32.1 Å². The lowest BCUT2D eigenvalue weighted by molar-refractivity contribution is 0.120. The lowest BCUT2D eigenvalue weighted by Gasteiger charge is -2.18. The van der Waals surface area contributed by atoms with Crippen LogP contribution in [0.4, 0.5) is 0 Å². The Balaban J connectivity index is 0. The zero-order valence-corrected chi connectivity index (χ0v) is 8.66. The molecule has 1 rings (SSSR count). The number of halogens is 2. The summed E-state index contributed by atoms with van der Waals surface area (Å²) in [5, 5.41) is 9.41. The molecule has 76 valence electrons. The summed E-state index contributed by atoms with van der Waals surface area (Å²) in [4.78, 5) is 0. The van der Waals surface area contributed by atoms with Crippen molar-refractivity contribution in [1.29, 1.82) is 0 Å². The van der Waals surface area contributed by atoms with E-state index >= 15 is 0 Å². The summed E-state index contributed by atoms with van der Waals surface area (Å²) in [6.45, 7) is 0. The molecule has 0 bridgehead atoms. The van der Waals surface area contributed by atoms with Gasteiger partial charge in [0.25, 0.3) is 0 Å². The maximum absolute atomic E-state index is 9.41. The Kier molecular flexibility index (Phi) is 10.1. The van der Waals surface area contributed by atoms with Gasteiger partial charge in [-0.2, -0.15) is 0 Å². The first kappa shape index (κ1) is 15.0. The minimum Gasteiger partial charge on any atom is -0.391 e. The molecule has 0 saturated heterocycles. The molecule has 0 amide bonds. The molecule has 4 N–H and O–H groups in total. The van der Waals surface area contributed by atoms with Gasteiger partial charge in [0, 0.05) is 6.04 Å². The maximum Gasteiger partial charge on any atom is 0.0706 e. The maximum atomic E-state index is 9.41. The van der Waals surface area contributed by atoms with Crippen LogP contribution in [0.2, 0.25) is 0 Å². The third-order valence-corrected chi connectivity index (χ3v) is 2.19. The van der Waals surface area contributed by atoms with Crippen LogP contribution in [-0.2, 0) is 0 Å². The summed E-state index contributed by atoms with van der Waals surface area (Å²) in [5.41, 5.74) is 2.64. The molecule has 0 aliphatic heterocycles. The van der Waals surface area contributed by atoms with Crippen LogP contribution in [0.5, 0.6) is 0 Å². The zero-order chi connectivity index (χ0) is 7.40. The van der Waals surface area contributed by atoms with Crippen molar-refractivity contribution >= 4 is 24.8 Å². The predicted octanol–water partition coefficient (Wildman–Crippen LogP) is 0.987. The molecule has 2 atom stereocenters. The van der Waals surface area contributed by atoms with Crippen LogP contribution in [0.25, 0.3) is 0 Å². The van der Waals surface area contributed by atoms with Crippen molar-refractivity contribution in [2.24, 2.45) is 5.84 Å². The van der Waals surface area contributed by atoms with Crippen molar-refractivity contribution in [2.75, 3.05) is 0 Å². The van der Waals surface area contributed by atoms with E-state index in [4.69, 9.17) is 5.84 Å². The van der Waals surface area contributed by atoms with Crippen molar-refractivity contribution in [2.45, 2.75) is 44.2 Å². The highest BCUT2D eigenvalue weighted by atomic mass is 35.5. The van der Waals surface area contributed by atoms with Crippen LogP contribution < -0.4 is 11.3 Å². The monoisotopic (exact) mass is 216 g/mol. The summed E-state index contributed by atoms with van der Waals surface area (Å²) in [6.07, 6.45) is 5.24. The van der Waals surface area contributed by atoms with E-state index in [0.29, 0.717) is 0 Å². The predicted molar refractivity (Wildman–Crippen MR) is 54.7 cm³/mol. The Morgan fingerprint density at radius 2 is 1.67 bits per heavy atom. The average molecular weight is 217 g/mol. The number of aliphatic hydroxyl groups excluding tert-OH is 1. The Morgan fingerprint density at radius 3 is 2.25 bits per heavy atom. The Labute approximate surface area is 85.9 Å². The first-order valence-electron chi connectivity index (χ1n) is 3.99. The van der Waals surface area contributed by atoms with Crippen molar-refractivity contribution in [3.8, 4) is 0 Å². The highest BCUT2D eigenvalue weighted by molar-refractivity contribution is 5.85. The number of hydrogen-bond donors (Lipinski definition) is 3. The van der Waals surface area contributed by atoms with Gasteiger partial charge < -0.3 is 5.11 Å². The molecular weight excluding hydrogens is 199 g/mol. The van der Waals surface area contributed by atoms with Gasteiger partial charge in [-0.15, -0.1) is 24.8 Å². The summed E-state index contributed by atoms with van der Waals surface area (Å²) in [7, 11) is 0. The molecule has 0 heterocycles. The summed E-state index contributed by atoms with van der Waals surface area (Å²) in [5.74, 6) is 5.25. The molecule has 1 saturated carbocycles. The normalized spacial score (nSPS) is 29.5. The van der Waals surface area contributed by atoms with Gasteiger partial charge in [0.2, 0.25) is 0 Å². The van der Waals surface area contributed by atoms with Gasteiger partial charge in [-0.1, -0.05) is 19.3 Å².